The summed E-state index contributed by atoms with van der Waals surface area (Å²) in [5.41, 5.74) is 0.503. The van der Waals surface area contributed by atoms with Crippen molar-refractivity contribution in [2.24, 2.45) is 0 Å². The van der Waals surface area contributed by atoms with Gasteiger partial charge in [0.05, 0.1) is 0 Å². The first-order valence-electron chi connectivity index (χ1n) is 4.41. The van der Waals surface area contributed by atoms with Gasteiger partial charge in [-0.05, 0) is 31.2 Å². The van der Waals surface area contributed by atoms with Crippen LogP contribution in [-0.2, 0) is 4.74 Å². The number of ether oxygens (including phenoxy) is 1. The Balaban J connectivity index is 2.48. The average Bonchev–Trinajstić information content (AvgIpc) is 2.21. The second-order valence-electron chi connectivity index (χ2n) is 3.00. The molecular formula is C10H11BrFNO2. The van der Waals surface area contributed by atoms with Gasteiger partial charge in [-0.25, -0.2) is 9.18 Å². The molecule has 0 fully saturated rings. The summed E-state index contributed by atoms with van der Waals surface area (Å²) in [5, 5.41) is 3.06. The van der Waals surface area contributed by atoms with Crippen LogP contribution in [0.1, 0.15) is 6.92 Å². The highest BCUT2D eigenvalue weighted by Crippen LogP contribution is 2.09. The van der Waals surface area contributed by atoms with Gasteiger partial charge < -0.3 is 4.74 Å². The van der Waals surface area contributed by atoms with E-state index in [1.807, 2.05) is 0 Å². The molecule has 0 aliphatic rings. The van der Waals surface area contributed by atoms with Crippen molar-refractivity contribution in [1.29, 1.82) is 0 Å². The monoisotopic (exact) mass is 275 g/mol. The van der Waals surface area contributed by atoms with E-state index in [0.717, 1.165) is 0 Å². The lowest BCUT2D eigenvalue weighted by atomic mass is 10.3. The summed E-state index contributed by atoms with van der Waals surface area (Å²) in [6, 6.07) is 5.47. The summed E-state index contributed by atoms with van der Waals surface area (Å²) < 4.78 is 17.5. The Morgan fingerprint density at radius 2 is 2.13 bits per heavy atom. The summed E-state index contributed by atoms with van der Waals surface area (Å²) in [7, 11) is 0. The molecule has 1 atom stereocenters. The average molecular weight is 276 g/mol. The lowest BCUT2D eigenvalue weighted by Crippen LogP contribution is -2.20. The number of alkyl halides is 1. The van der Waals surface area contributed by atoms with E-state index in [9.17, 15) is 9.18 Å². The van der Waals surface area contributed by atoms with Crippen molar-refractivity contribution < 1.29 is 13.9 Å². The van der Waals surface area contributed by atoms with Gasteiger partial charge in [-0.2, -0.15) is 0 Å². The maximum Gasteiger partial charge on any atom is 0.411 e. The molecule has 0 bridgehead atoms. The van der Waals surface area contributed by atoms with E-state index in [1.165, 1.54) is 24.3 Å². The van der Waals surface area contributed by atoms with Gasteiger partial charge >= 0.3 is 6.09 Å². The molecule has 0 aliphatic carbocycles. The van der Waals surface area contributed by atoms with Gasteiger partial charge in [0, 0.05) is 11.0 Å². The van der Waals surface area contributed by atoms with Gasteiger partial charge in [0.15, 0.2) is 0 Å². The van der Waals surface area contributed by atoms with Crippen molar-refractivity contribution in [2.45, 2.75) is 13.0 Å². The molecule has 15 heavy (non-hydrogen) atoms. The SMILES string of the molecule is CC(CBr)OC(=O)Nc1ccc(F)cc1. The molecule has 0 radical (unpaired) electrons. The van der Waals surface area contributed by atoms with E-state index in [4.69, 9.17) is 4.74 Å². The van der Waals surface area contributed by atoms with E-state index in [-0.39, 0.29) is 11.9 Å². The van der Waals surface area contributed by atoms with Crippen LogP contribution in [0.25, 0.3) is 0 Å². The first-order valence-corrected chi connectivity index (χ1v) is 5.53. The summed E-state index contributed by atoms with van der Waals surface area (Å²) in [6.45, 7) is 1.76. The molecule has 0 saturated carbocycles. The predicted molar refractivity (Wildman–Crippen MR) is 59.8 cm³/mol. The first-order chi connectivity index (χ1) is 7.11. The molecule has 82 valence electrons. The third kappa shape index (κ3) is 4.29. The minimum absolute atomic E-state index is 0.203. The Labute approximate surface area is 95.7 Å². The third-order valence-electron chi connectivity index (χ3n) is 1.62. The maximum atomic E-state index is 12.5. The molecule has 0 heterocycles. The number of rotatable bonds is 3. The van der Waals surface area contributed by atoms with Crippen molar-refractivity contribution in [1.82, 2.24) is 0 Å². The number of benzene rings is 1. The fourth-order valence-electron chi connectivity index (χ4n) is 0.895. The molecule has 1 N–H and O–H groups in total. The number of hydrogen-bond acceptors (Lipinski definition) is 2. The van der Waals surface area contributed by atoms with Crippen LogP contribution >= 0.6 is 15.9 Å². The van der Waals surface area contributed by atoms with Crippen molar-refractivity contribution in [2.75, 3.05) is 10.6 Å². The lowest BCUT2D eigenvalue weighted by Gasteiger charge is -2.10. The van der Waals surface area contributed by atoms with E-state index < -0.39 is 6.09 Å². The van der Waals surface area contributed by atoms with Crippen molar-refractivity contribution >= 4 is 27.7 Å². The van der Waals surface area contributed by atoms with Gasteiger partial charge in [0.1, 0.15) is 11.9 Å². The van der Waals surface area contributed by atoms with Crippen molar-refractivity contribution in [3.63, 3.8) is 0 Å². The molecule has 1 amide bonds. The smallest absolute Gasteiger partial charge is 0.411 e. The zero-order chi connectivity index (χ0) is 11.3. The number of halogens is 2. The highest BCUT2D eigenvalue weighted by molar-refractivity contribution is 9.09. The van der Waals surface area contributed by atoms with E-state index in [1.54, 1.807) is 6.92 Å². The first kappa shape index (κ1) is 12.0. The van der Waals surface area contributed by atoms with Gasteiger partial charge in [-0.15, -0.1) is 0 Å². The Morgan fingerprint density at radius 1 is 1.53 bits per heavy atom. The number of carbonyl (C=O) groups is 1. The van der Waals surface area contributed by atoms with Crippen molar-refractivity contribution in [3.05, 3.63) is 30.1 Å². The normalized spacial score (nSPS) is 11.9. The van der Waals surface area contributed by atoms with Crippen LogP contribution in [0.5, 0.6) is 0 Å². The third-order valence-corrected chi connectivity index (χ3v) is 2.53. The fourth-order valence-corrected chi connectivity index (χ4v) is 1.03. The number of amides is 1. The maximum absolute atomic E-state index is 12.5. The second-order valence-corrected chi connectivity index (χ2v) is 3.65. The second kappa shape index (κ2) is 5.70. The van der Waals surface area contributed by atoms with Crippen molar-refractivity contribution in [3.8, 4) is 0 Å². The number of nitrogens with one attached hydrogen (secondary N) is 1. The van der Waals surface area contributed by atoms with Crippen LogP contribution in [0.3, 0.4) is 0 Å². The lowest BCUT2D eigenvalue weighted by molar-refractivity contribution is 0.132. The Morgan fingerprint density at radius 3 is 2.67 bits per heavy atom. The van der Waals surface area contributed by atoms with Crippen LogP contribution in [0.4, 0.5) is 14.9 Å². The Kier molecular flexibility index (Phi) is 4.55. The number of hydrogen-bond donors (Lipinski definition) is 1. The van der Waals surface area contributed by atoms with Gasteiger partial charge in [0.25, 0.3) is 0 Å². The fraction of sp³-hybridized carbons (Fsp3) is 0.300. The molecule has 5 heteroatoms. The molecule has 1 rings (SSSR count). The standard InChI is InChI=1S/C10H11BrFNO2/c1-7(6-11)15-10(14)13-9-4-2-8(12)3-5-9/h2-5,7H,6H2,1H3,(H,13,14). The van der Waals surface area contributed by atoms with Crippen LogP contribution in [0.15, 0.2) is 24.3 Å². The quantitative estimate of drug-likeness (QED) is 0.861. The Bertz CT molecular complexity index is 329. The topological polar surface area (TPSA) is 38.3 Å². The molecule has 0 spiro atoms. The summed E-state index contributed by atoms with van der Waals surface area (Å²) in [6.07, 6.45) is -0.751. The van der Waals surface area contributed by atoms with E-state index in [2.05, 4.69) is 21.2 Å². The molecule has 1 unspecified atom stereocenters. The van der Waals surface area contributed by atoms with Gasteiger partial charge in [0.2, 0.25) is 0 Å². The largest absolute Gasteiger partial charge is 0.445 e. The highest BCUT2D eigenvalue weighted by atomic mass is 79.9. The van der Waals surface area contributed by atoms with Gasteiger partial charge in [-0.3, -0.25) is 5.32 Å². The molecule has 0 saturated heterocycles. The van der Waals surface area contributed by atoms with Crippen LogP contribution in [0, 0.1) is 5.82 Å². The molecular weight excluding hydrogens is 265 g/mol. The minimum atomic E-state index is -0.548. The summed E-state index contributed by atoms with van der Waals surface area (Å²) >= 11 is 3.18. The molecule has 3 nitrogen and oxygen atoms in total. The highest BCUT2D eigenvalue weighted by Gasteiger charge is 2.07. The Hall–Kier alpha value is -1.10. The minimum Gasteiger partial charge on any atom is -0.445 e. The molecule has 0 aromatic heterocycles. The van der Waals surface area contributed by atoms with Crippen LogP contribution in [-0.4, -0.2) is 17.5 Å². The summed E-state index contributed by atoms with van der Waals surface area (Å²) in [4.78, 5) is 11.2. The van der Waals surface area contributed by atoms with E-state index in [0.29, 0.717) is 11.0 Å². The zero-order valence-corrected chi connectivity index (χ0v) is 9.75. The molecule has 1 aromatic rings. The number of carbonyl (C=O) groups excluding carboxylic acids is 1. The van der Waals surface area contributed by atoms with Crippen LogP contribution < -0.4 is 5.32 Å². The zero-order valence-electron chi connectivity index (χ0n) is 8.17. The van der Waals surface area contributed by atoms with E-state index >= 15 is 0 Å². The number of anilines is 1. The summed E-state index contributed by atoms with van der Waals surface area (Å²) in [5.74, 6) is -0.345. The predicted octanol–water partition coefficient (Wildman–Crippen LogP) is 3.16. The van der Waals surface area contributed by atoms with Crippen LogP contribution in [0.2, 0.25) is 0 Å². The molecule has 1 aromatic carbocycles. The van der Waals surface area contributed by atoms with Gasteiger partial charge in [-0.1, -0.05) is 15.9 Å². The molecule has 0 aliphatic heterocycles.